The Hall–Kier alpha value is -0.120. The molecule has 0 aliphatic rings. The lowest BCUT2D eigenvalue weighted by molar-refractivity contribution is 0.0862. The third-order valence-electron chi connectivity index (χ3n) is 0.813. The van der Waals surface area contributed by atoms with Crippen molar-refractivity contribution in [2.75, 3.05) is 6.54 Å². The first-order chi connectivity index (χ1) is 3.12. The van der Waals surface area contributed by atoms with Crippen LogP contribution in [0.5, 0.6) is 0 Å². The summed E-state index contributed by atoms with van der Waals surface area (Å²) in [6, 6.07) is 0. The Morgan fingerprint density at radius 1 is 1.62 bits per heavy atom. The van der Waals surface area contributed by atoms with E-state index in [4.69, 9.17) is 10.9 Å². The summed E-state index contributed by atoms with van der Waals surface area (Å²) in [4.78, 5) is 0. The van der Waals surface area contributed by atoms with Crippen LogP contribution in [0.3, 0.4) is 0 Å². The quantitative estimate of drug-likeness (QED) is 0.460. The van der Waals surface area contributed by atoms with Gasteiger partial charge in [0.2, 0.25) is 0 Å². The second-order valence-electron chi connectivity index (χ2n) is 2.20. The molecular formula is C5H16N2O. The molecule has 0 aliphatic carbocycles. The van der Waals surface area contributed by atoms with Gasteiger partial charge >= 0.3 is 0 Å². The highest BCUT2D eigenvalue weighted by Gasteiger charge is 2.11. The van der Waals surface area contributed by atoms with E-state index in [1.807, 2.05) is 13.8 Å². The van der Waals surface area contributed by atoms with E-state index in [1.54, 1.807) is 0 Å². The lowest BCUT2D eigenvalue weighted by Crippen LogP contribution is -2.43. The molecule has 0 rings (SSSR count). The van der Waals surface area contributed by atoms with Crippen molar-refractivity contribution >= 4 is 0 Å². The minimum absolute atomic E-state index is 0. The molecule has 0 aromatic rings. The molecule has 0 aromatic carbocycles. The molecule has 0 saturated carbocycles. The summed E-state index contributed by atoms with van der Waals surface area (Å²) in [7, 11) is 0. The van der Waals surface area contributed by atoms with Crippen molar-refractivity contribution in [1.82, 2.24) is 5.48 Å². The van der Waals surface area contributed by atoms with Crippen molar-refractivity contribution in [3.8, 4) is 0 Å². The SMILES string of the molecule is C.CC(C)(CN)NO. The van der Waals surface area contributed by atoms with Gasteiger partial charge in [-0.05, 0) is 13.8 Å². The Morgan fingerprint density at radius 2 is 2.00 bits per heavy atom. The van der Waals surface area contributed by atoms with Crippen LogP contribution >= 0.6 is 0 Å². The maximum Gasteiger partial charge on any atom is 0.0495 e. The highest BCUT2D eigenvalue weighted by molar-refractivity contribution is 4.72. The zero-order chi connectivity index (χ0) is 5.91. The highest BCUT2D eigenvalue weighted by atomic mass is 16.5. The Bertz CT molecular complexity index is 48.4. The first-order valence-electron chi connectivity index (χ1n) is 2.24. The van der Waals surface area contributed by atoms with E-state index in [9.17, 15) is 0 Å². The average Bonchev–Trinajstić information content (AvgIpc) is 1.68. The zero-order valence-corrected chi connectivity index (χ0v) is 4.73. The average molecular weight is 120 g/mol. The van der Waals surface area contributed by atoms with Gasteiger partial charge in [0.15, 0.2) is 0 Å². The number of nitrogens with one attached hydrogen (secondary N) is 1. The summed E-state index contributed by atoms with van der Waals surface area (Å²) in [5.41, 5.74) is 6.93. The lowest BCUT2D eigenvalue weighted by atomic mass is 10.1. The molecule has 8 heavy (non-hydrogen) atoms. The number of hydrogen-bond acceptors (Lipinski definition) is 3. The number of hydrogen-bond donors (Lipinski definition) is 3. The zero-order valence-electron chi connectivity index (χ0n) is 4.73. The molecule has 0 unspecified atom stereocenters. The fraction of sp³-hybridized carbons (Fsp3) is 1.00. The normalized spacial score (nSPS) is 10.5. The number of hydroxylamine groups is 1. The Labute approximate surface area is 50.8 Å². The summed E-state index contributed by atoms with van der Waals surface area (Å²) >= 11 is 0. The predicted octanol–water partition coefficient (Wildman–Crippen LogP) is 0.339. The molecule has 0 saturated heterocycles. The topological polar surface area (TPSA) is 58.3 Å². The van der Waals surface area contributed by atoms with Gasteiger partial charge in [0.1, 0.15) is 0 Å². The van der Waals surface area contributed by atoms with Crippen LogP contribution in [0.2, 0.25) is 0 Å². The Morgan fingerprint density at radius 3 is 2.00 bits per heavy atom. The van der Waals surface area contributed by atoms with Crippen LogP contribution in [0.25, 0.3) is 0 Å². The van der Waals surface area contributed by atoms with E-state index in [-0.39, 0.29) is 13.0 Å². The first-order valence-corrected chi connectivity index (χ1v) is 2.24. The van der Waals surface area contributed by atoms with E-state index in [2.05, 4.69) is 5.48 Å². The van der Waals surface area contributed by atoms with Crippen molar-refractivity contribution in [3.63, 3.8) is 0 Å². The molecule has 0 heterocycles. The van der Waals surface area contributed by atoms with E-state index in [0.717, 1.165) is 0 Å². The monoisotopic (exact) mass is 120 g/mol. The lowest BCUT2D eigenvalue weighted by Gasteiger charge is -2.18. The molecule has 4 N–H and O–H groups in total. The predicted molar refractivity (Wildman–Crippen MR) is 34.8 cm³/mol. The van der Waals surface area contributed by atoms with E-state index in [1.165, 1.54) is 0 Å². The van der Waals surface area contributed by atoms with Crippen LogP contribution < -0.4 is 11.2 Å². The molecule has 3 heteroatoms. The van der Waals surface area contributed by atoms with Gasteiger partial charge in [0.25, 0.3) is 0 Å². The minimum atomic E-state index is -0.333. The van der Waals surface area contributed by atoms with Gasteiger partial charge in [-0.3, -0.25) is 0 Å². The van der Waals surface area contributed by atoms with Gasteiger partial charge in [-0.15, -0.1) is 0 Å². The summed E-state index contributed by atoms with van der Waals surface area (Å²) in [6.07, 6.45) is 0. The fourth-order valence-electron chi connectivity index (χ4n) is 0.0456. The molecular weight excluding hydrogens is 104 g/mol. The second-order valence-corrected chi connectivity index (χ2v) is 2.20. The van der Waals surface area contributed by atoms with Crippen LogP contribution in [-0.2, 0) is 0 Å². The fourth-order valence-corrected chi connectivity index (χ4v) is 0.0456. The maximum atomic E-state index is 8.26. The standard InChI is InChI=1S/C4H12N2O.CH4/c1-4(2,3-5)6-7;/h6-7H,3,5H2,1-2H3;1H4. The van der Waals surface area contributed by atoms with Gasteiger partial charge in [-0.2, -0.15) is 5.48 Å². The molecule has 0 aromatic heterocycles. The van der Waals surface area contributed by atoms with Crippen LogP contribution in [0.1, 0.15) is 21.3 Å². The minimum Gasteiger partial charge on any atom is -0.329 e. The molecule has 0 atom stereocenters. The molecule has 0 bridgehead atoms. The maximum absolute atomic E-state index is 8.26. The Balaban J connectivity index is 0. The van der Waals surface area contributed by atoms with Crippen molar-refractivity contribution < 1.29 is 5.21 Å². The first kappa shape index (κ1) is 10.8. The summed E-state index contributed by atoms with van der Waals surface area (Å²) in [5, 5.41) is 8.26. The number of nitrogens with two attached hydrogens (primary N) is 1. The smallest absolute Gasteiger partial charge is 0.0495 e. The molecule has 0 amide bonds. The van der Waals surface area contributed by atoms with Crippen LogP contribution in [0.15, 0.2) is 0 Å². The largest absolute Gasteiger partial charge is 0.329 e. The van der Waals surface area contributed by atoms with Gasteiger partial charge < -0.3 is 10.9 Å². The van der Waals surface area contributed by atoms with Crippen LogP contribution in [0.4, 0.5) is 0 Å². The van der Waals surface area contributed by atoms with E-state index < -0.39 is 0 Å². The van der Waals surface area contributed by atoms with Crippen LogP contribution in [0, 0.1) is 0 Å². The third-order valence-corrected chi connectivity index (χ3v) is 0.813. The van der Waals surface area contributed by atoms with Crippen molar-refractivity contribution in [2.24, 2.45) is 5.73 Å². The van der Waals surface area contributed by atoms with Crippen LogP contribution in [-0.4, -0.2) is 17.3 Å². The molecule has 0 aliphatic heterocycles. The van der Waals surface area contributed by atoms with Crippen molar-refractivity contribution in [3.05, 3.63) is 0 Å². The van der Waals surface area contributed by atoms with E-state index >= 15 is 0 Å². The van der Waals surface area contributed by atoms with E-state index in [0.29, 0.717) is 6.54 Å². The van der Waals surface area contributed by atoms with Gasteiger partial charge in [-0.25, -0.2) is 0 Å². The van der Waals surface area contributed by atoms with Gasteiger partial charge in [0, 0.05) is 12.1 Å². The third kappa shape index (κ3) is 4.05. The molecule has 0 radical (unpaired) electrons. The molecule has 52 valence electrons. The van der Waals surface area contributed by atoms with Crippen molar-refractivity contribution in [2.45, 2.75) is 26.8 Å². The van der Waals surface area contributed by atoms with Gasteiger partial charge in [0.05, 0.1) is 0 Å². The van der Waals surface area contributed by atoms with Gasteiger partial charge in [-0.1, -0.05) is 7.43 Å². The van der Waals surface area contributed by atoms with Crippen molar-refractivity contribution in [1.29, 1.82) is 0 Å². The number of rotatable bonds is 2. The highest BCUT2D eigenvalue weighted by Crippen LogP contribution is 1.93. The molecule has 0 spiro atoms. The summed E-state index contributed by atoms with van der Waals surface area (Å²) in [5.74, 6) is 0. The Kier molecular flexibility index (Phi) is 5.17. The summed E-state index contributed by atoms with van der Waals surface area (Å²) < 4.78 is 0. The second kappa shape index (κ2) is 3.83. The molecule has 0 fully saturated rings. The molecule has 3 nitrogen and oxygen atoms in total. The summed E-state index contributed by atoms with van der Waals surface area (Å²) in [6.45, 7) is 4.06.